The molecule has 0 saturated carbocycles. The number of hydrogen-bond acceptors (Lipinski definition) is 3. The van der Waals surface area contributed by atoms with Gasteiger partial charge in [-0.1, -0.05) is 19.1 Å². The molecule has 0 aromatic heterocycles. The minimum Gasteiger partial charge on any atom is -0.488 e. The third-order valence-corrected chi connectivity index (χ3v) is 3.72. The lowest BCUT2D eigenvalue weighted by atomic mass is 10.0. The Kier molecular flexibility index (Phi) is 5.37. The Balaban J connectivity index is 2.24. The molecule has 0 bridgehead atoms. The fraction of sp³-hybridized carbons (Fsp3) is 0.316. The van der Waals surface area contributed by atoms with Gasteiger partial charge in [0.15, 0.2) is 0 Å². The second-order valence-corrected chi connectivity index (χ2v) is 5.50. The van der Waals surface area contributed by atoms with Crippen molar-refractivity contribution >= 4 is 5.97 Å². The molecule has 0 unspecified atom stereocenters. The van der Waals surface area contributed by atoms with E-state index in [1.54, 1.807) is 6.07 Å². The van der Waals surface area contributed by atoms with Crippen molar-refractivity contribution in [3.63, 3.8) is 0 Å². The van der Waals surface area contributed by atoms with E-state index in [-0.39, 0.29) is 17.9 Å². The largest absolute Gasteiger partial charge is 0.488 e. The summed E-state index contributed by atoms with van der Waals surface area (Å²) in [5.74, 6) is -0.0479. The maximum absolute atomic E-state index is 14.0. The predicted molar refractivity (Wildman–Crippen MR) is 87.3 cm³/mol. The van der Waals surface area contributed by atoms with Crippen molar-refractivity contribution in [1.82, 2.24) is 0 Å². The van der Waals surface area contributed by atoms with Crippen molar-refractivity contribution in [1.29, 1.82) is 0 Å². The average molecular weight is 316 g/mol. The summed E-state index contributed by atoms with van der Waals surface area (Å²) in [5, 5.41) is 0. The predicted octanol–water partition coefficient (Wildman–Crippen LogP) is 4.51. The third kappa shape index (κ3) is 4.09. The molecule has 0 heterocycles. The highest BCUT2D eigenvalue weighted by Crippen LogP contribution is 2.27. The number of ether oxygens (including phenoxy) is 2. The van der Waals surface area contributed by atoms with E-state index in [9.17, 15) is 9.18 Å². The Morgan fingerprint density at radius 3 is 2.52 bits per heavy atom. The number of halogens is 1. The molecule has 0 aliphatic rings. The molecule has 0 aliphatic carbocycles. The van der Waals surface area contributed by atoms with Gasteiger partial charge in [0.1, 0.15) is 23.9 Å². The lowest BCUT2D eigenvalue weighted by molar-refractivity contribution is -0.131. The Labute approximate surface area is 136 Å². The van der Waals surface area contributed by atoms with E-state index in [1.165, 1.54) is 24.6 Å². The molecular formula is C19H21FO3. The Morgan fingerprint density at radius 1 is 1.13 bits per heavy atom. The van der Waals surface area contributed by atoms with Crippen LogP contribution in [0.4, 0.5) is 4.39 Å². The van der Waals surface area contributed by atoms with Gasteiger partial charge in [0, 0.05) is 6.92 Å². The molecule has 2 aromatic rings. The van der Waals surface area contributed by atoms with Crippen LogP contribution in [0, 0.1) is 19.7 Å². The standard InChI is InChI=1S/C19H21FO3/c1-5-15-9-13(3)19(10-12(15)2)22-11-16-17(20)7-6-8-18(16)23-14(4)21/h6-10H,5,11H2,1-4H3. The summed E-state index contributed by atoms with van der Waals surface area (Å²) >= 11 is 0. The van der Waals surface area contributed by atoms with E-state index in [0.717, 1.165) is 17.5 Å². The summed E-state index contributed by atoms with van der Waals surface area (Å²) in [4.78, 5) is 11.1. The van der Waals surface area contributed by atoms with Crippen LogP contribution in [0.2, 0.25) is 0 Å². The smallest absolute Gasteiger partial charge is 0.308 e. The zero-order chi connectivity index (χ0) is 17.0. The van der Waals surface area contributed by atoms with Crippen LogP contribution in [0.1, 0.15) is 36.1 Å². The molecule has 0 radical (unpaired) electrons. The van der Waals surface area contributed by atoms with Gasteiger partial charge < -0.3 is 9.47 Å². The molecule has 0 N–H and O–H groups in total. The zero-order valence-electron chi connectivity index (χ0n) is 13.9. The molecule has 2 rings (SSSR count). The summed E-state index contributed by atoms with van der Waals surface area (Å²) in [6.45, 7) is 7.38. The number of hydrogen-bond donors (Lipinski definition) is 0. The minimum absolute atomic E-state index is 0.00103. The molecular weight excluding hydrogens is 295 g/mol. The number of benzene rings is 2. The highest BCUT2D eigenvalue weighted by Gasteiger charge is 2.13. The van der Waals surface area contributed by atoms with Gasteiger partial charge in [-0.25, -0.2) is 4.39 Å². The monoisotopic (exact) mass is 316 g/mol. The van der Waals surface area contributed by atoms with Crippen LogP contribution >= 0.6 is 0 Å². The summed E-state index contributed by atoms with van der Waals surface area (Å²) in [6.07, 6.45) is 0.955. The quantitative estimate of drug-likeness (QED) is 0.601. The summed E-state index contributed by atoms with van der Waals surface area (Å²) in [5.41, 5.74) is 3.64. The normalized spacial score (nSPS) is 10.5. The van der Waals surface area contributed by atoms with Crippen molar-refractivity contribution in [2.24, 2.45) is 0 Å². The first kappa shape index (κ1) is 17.0. The number of carbonyl (C=O) groups is 1. The molecule has 0 saturated heterocycles. The Hall–Kier alpha value is -2.36. The molecule has 0 atom stereocenters. The zero-order valence-corrected chi connectivity index (χ0v) is 13.9. The highest BCUT2D eigenvalue weighted by atomic mass is 19.1. The van der Waals surface area contributed by atoms with Crippen LogP contribution in [0.5, 0.6) is 11.5 Å². The fourth-order valence-corrected chi connectivity index (χ4v) is 2.47. The van der Waals surface area contributed by atoms with Crippen molar-refractivity contribution in [2.75, 3.05) is 0 Å². The van der Waals surface area contributed by atoms with E-state index >= 15 is 0 Å². The van der Waals surface area contributed by atoms with Gasteiger partial charge >= 0.3 is 5.97 Å². The molecule has 0 fully saturated rings. The maximum atomic E-state index is 14.0. The number of carbonyl (C=O) groups excluding carboxylic acids is 1. The second-order valence-electron chi connectivity index (χ2n) is 5.50. The number of rotatable bonds is 5. The molecule has 23 heavy (non-hydrogen) atoms. The van der Waals surface area contributed by atoms with Crippen LogP contribution < -0.4 is 9.47 Å². The lowest BCUT2D eigenvalue weighted by Gasteiger charge is -2.15. The summed E-state index contributed by atoms with van der Waals surface area (Å²) in [6, 6.07) is 8.42. The van der Waals surface area contributed by atoms with Gasteiger partial charge in [-0.2, -0.15) is 0 Å². The first-order valence-electron chi connectivity index (χ1n) is 7.61. The SMILES string of the molecule is CCc1cc(C)c(OCc2c(F)cccc2OC(C)=O)cc1C. The molecule has 2 aromatic carbocycles. The van der Waals surface area contributed by atoms with E-state index < -0.39 is 11.8 Å². The molecule has 4 heteroatoms. The van der Waals surface area contributed by atoms with Gasteiger partial charge in [0.05, 0.1) is 5.56 Å². The van der Waals surface area contributed by atoms with E-state index in [1.807, 2.05) is 19.9 Å². The highest BCUT2D eigenvalue weighted by molar-refractivity contribution is 5.69. The number of aryl methyl sites for hydroxylation is 3. The van der Waals surface area contributed by atoms with Crippen LogP contribution in [0.25, 0.3) is 0 Å². The first-order valence-corrected chi connectivity index (χ1v) is 7.61. The molecule has 0 spiro atoms. The molecule has 3 nitrogen and oxygen atoms in total. The van der Waals surface area contributed by atoms with Crippen LogP contribution in [-0.4, -0.2) is 5.97 Å². The van der Waals surface area contributed by atoms with Gasteiger partial charge in [-0.3, -0.25) is 4.79 Å². The van der Waals surface area contributed by atoms with E-state index in [2.05, 4.69) is 13.0 Å². The Morgan fingerprint density at radius 2 is 1.87 bits per heavy atom. The summed E-state index contributed by atoms with van der Waals surface area (Å²) in [7, 11) is 0. The van der Waals surface area contributed by atoms with E-state index in [4.69, 9.17) is 9.47 Å². The van der Waals surface area contributed by atoms with Crippen molar-refractivity contribution in [3.8, 4) is 11.5 Å². The Bertz CT molecular complexity index is 723. The van der Waals surface area contributed by atoms with Crippen LogP contribution in [0.3, 0.4) is 0 Å². The van der Waals surface area contributed by atoms with Gasteiger partial charge in [0.25, 0.3) is 0 Å². The van der Waals surface area contributed by atoms with Crippen LogP contribution in [-0.2, 0) is 17.8 Å². The number of esters is 1. The maximum Gasteiger partial charge on any atom is 0.308 e. The fourth-order valence-electron chi connectivity index (χ4n) is 2.47. The van der Waals surface area contributed by atoms with Crippen molar-refractivity contribution in [3.05, 3.63) is 58.4 Å². The average Bonchev–Trinajstić information content (AvgIpc) is 2.49. The van der Waals surface area contributed by atoms with Gasteiger partial charge in [-0.05, 0) is 55.2 Å². The van der Waals surface area contributed by atoms with Gasteiger partial charge in [0.2, 0.25) is 0 Å². The molecule has 0 amide bonds. The second kappa shape index (κ2) is 7.27. The molecule has 122 valence electrons. The van der Waals surface area contributed by atoms with E-state index in [0.29, 0.717) is 5.75 Å². The van der Waals surface area contributed by atoms with Crippen LogP contribution in [0.15, 0.2) is 30.3 Å². The van der Waals surface area contributed by atoms with Gasteiger partial charge in [-0.15, -0.1) is 0 Å². The first-order chi connectivity index (χ1) is 10.9. The summed E-state index contributed by atoms with van der Waals surface area (Å²) < 4.78 is 24.9. The lowest BCUT2D eigenvalue weighted by Crippen LogP contribution is -2.08. The molecule has 0 aliphatic heterocycles. The van der Waals surface area contributed by atoms with Crippen molar-refractivity contribution < 1.29 is 18.7 Å². The topological polar surface area (TPSA) is 35.5 Å². The minimum atomic E-state index is -0.490. The van der Waals surface area contributed by atoms with Crippen molar-refractivity contribution in [2.45, 2.75) is 40.7 Å². The third-order valence-electron chi connectivity index (χ3n) is 3.72.